The first-order chi connectivity index (χ1) is 13.0. The van der Waals surface area contributed by atoms with Crippen molar-refractivity contribution >= 4 is 28.5 Å². The molecule has 0 unspecified atom stereocenters. The van der Waals surface area contributed by atoms with Crippen LogP contribution in [0.15, 0.2) is 42.6 Å². The van der Waals surface area contributed by atoms with Gasteiger partial charge in [-0.2, -0.15) is 0 Å². The summed E-state index contributed by atoms with van der Waals surface area (Å²) in [6.45, 7) is 0. The summed E-state index contributed by atoms with van der Waals surface area (Å²) < 4.78 is 15.1. The maximum Gasteiger partial charge on any atom is 0.342 e. The average Bonchev–Trinajstić information content (AvgIpc) is 2.71. The van der Waals surface area contributed by atoms with Crippen LogP contribution >= 0.6 is 0 Å². The lowest BCUT2D eigenvalue weighted by Gasteiger charge is -2.17. The van der Waals surface area contributed by atoms with Crippen molar-refractivity contribution in [2.45, 2.75) is 0 Å². The summed E-state index contributed by atoms with van der Waals surface area (Å²) in [5.41, 5.74) is 8.65. The number of esters is 2. The zero-order chi connectivity index (χ0) is 19.6. The van der Waals surface area contributed by atoms with Gasteiger partial charge in [-0.05, 0) is 23.8 Å². The Morgan fingerprint density at radius 2 is 1.67 bits per heavy atom. The number of para-hydroxylation sites is 1. The molecular weight excluding hydrogens is 348 g/mol. The van der Waals surface area contributed by atoms with Gasteiger partial charge in [0.25, 0.3) is 0 Å². The zero-order valence-electron chi connectivity index (χ0n) is 15.1. The van der Waals surface area contributed by atoms with Gasteiger partial charge in [-0.3, -0.25) is 4.98 Å². The Bertz CT molecular complexity index is 1050. The molecule has 2 aromatic carbocycles. The third kappa shape index (κ3) is 3.03. The Labute approximate surface area is 155 Å². The van der Waals surface area contributed by atoms with Crippen molar-refractivity contribution in [3.63, 3.8) is 0 Å². The number of pyridine rings is 1. The summed E-state index contributed by atoms with van der Waals surface area (Å²) in [6, 6.07) is 10.5. The second-order valence-electron chi connectivity index (χ2n) is 5.66. The molecule has 1 heterocycles. The van der Waals surface area contributed by atoms with E-state index in [-0.39, 0.29) is 16.9 Å². The van der Waals surface area contributed by atoms with Crippen LogP contribution in [0.5, 0.6) is 5.75 Å². The second-order valence-corrected chi connectivity index (χ2v) is 5.66. The van der Waals surface area contributed by atoms with E-state index in [9.17, 15) is 9.59 Å². The van der Waals surface area contributed by atoms with E-state index < -0.39 is 11.9 Å². The van der Waals surface area contributed by atoms with Gasteiger partial charge in [0, 0.05) is 22.8 Å². The van der Waals surface area contributed by atoms with Crippen LogP contribution in [0.1, 0.15) is 20.7 Å². The number of ether oxygens (including phenoxy) is 3. The van der Waals surface area contributed by atoms with Crippen LogP contribution in [0.25, 0.3) is 22.0 Å². The van der Waals surface area contributed by atoms with Gasteiger partial charge in [0.15, 0.2) is 0 Å². The first-order valence-electron chi connectivity index (χ1n) is 8.04. The van der Waals surface area contributed by atoms with E-state index in [0.717, 1.165) is 5.56 Å². The number of nitrogen functional groups attached to an aromatic ring is 1. The Hall–Kier alpha value is -3.61. The zero-order valence-corrected chi connectivity index (χ0v) is 15.1. The predicted octanol–water partition coefficient (Wildman–Crippen LogP) is 3.07. The topological polar surface area (TPSA) is 101 Å². The minimum atomic E-state index is -0.661. The summed E-state index contributed by atoms with van der Waals surface area (Å²) in [4.78, 5) is 29.1. The summed E-state index contributed by atoms with van der Waals surface area (Å²) in [5.74, 6) is -1.25. The molecule has 138 valence electrons. The molecule has 2 N–H and O–H groups in total. The highest BCUT2D eigenvalue weighted by molar-refractivity contribution is 6.15. The van der Waals surface area contributed by atoms with E-state index in [0.29, 0.717) is 22.2 Å². The number of benzene rings is 2. The first-order valence-corrected chi connectivity index (χ1v) is 8.04. The van der Waals surface area contributed by atoms with Crippen molar-refractivity contribution in [1.82, 2.24) is 4.98 Å². The molecule has 7 heteroatoms. The number of rotatable bonds is 4. The predicted molar refractivity (Wildman–Crippen MR) is 101 cm³/mol. The fourth-order valence-corrected chi connectivity index (χ4v) is 3.04. The average molecular weight is 366 g/mol. The number of methoxy groups -OCH3 is 3. The number of anilines is 1. The monoisotopic (exact) mass is 366 g/mol. The lowest BCUT2D eigenvalue weighted by molar-refractivity contribution is 0.0593. The first kappa shape index (κ1) is 18.2. The van der Waals surface area contributed by atoms with Gasteiger partial charge in [0.05, 0.1) is 26.8 Å². The molecule has 0 aliphatic heterocycles. The van der Waals surface area contributed by atoms with E-state index in [1.165, 1.54) is 27.4 Å². The Morgan fingerprint density at radius 1 is 0.963 bits per heavy atom. The lowest BCUT2D eigenvalue weighted by atomic mass is 9.94. The fourth-order valence-electron chi connectivity index (χ4n) is 3.04. The number of carbonyl (C=O) groups is 2. The summed E-state index contributed by atoms with van der Waals surface area (Å²) in [5, 5.41) is 0.478. The van der Waals surface area contributed by atoms with Gasteiger partial charge in [0.2, 0.25) is 0 Å². The molecule has 3 aromatic rings. The Morgan fingerprint density at radius 3 is 2.30 bits per heavy atom. The van der Waals surface area contributed by atoms with Crippen LogP contribution in [0.3, 0.4) is 0 Å². The van der Waals surface area contributed by atoms with Gasteiger partial charge in [-0.15, -0.1) is 0 Å². The number of hydrogen-bond acceptors (Lipinski definition) is 7. The minimum Gasteiger partial charge on any atom is -0.495 e. The molecule has 0 aliphatic rings. The van der Waals surface area contributed by atoms with Crippen molar-refractivity contribution in [1.29, 1.82) is 0 Å². The largest absolute Gasteiger partial charge is 0.495 e. The molecule has 3 rings (SSSR count). The van der Waals surface area contributed by atoms with Crippen LogP contribution in [0.2, 0.25) is 0 Å². The SMILES string of the molecule is COC(=O)c1cc2nccc(-c3ccccc3N)c2c(C(=O)OC)c1OC. The molecule has 0 spiro atoms. The molecule has 0 fully saturated rings. The highest BCUT2D eigenvalue weighted by atomic mass is 16.5. The highest BCUT2D eigenvalue weighted by Gasteiger charge is 2.27. The lowest BCUT2D eigenvalue weighted by Crippen LogP contribution is -2.12. The van der Waals surface area contributed by atoms with Crippen molar-refractivity contribution in [2.24, 2.45) is 0 Å². The fraction of sp³-hybridized carbons (Fsp3) is 0.150. The maximum absolute atomic E-state index is 12.6. The minimum absolute atomic E-state index is 0.0601. The van der Waals surface area contributed by atoms with E-state index in [4.69, 9.17) is 19.9 Å². The summed E-state index contributed by atoms with van der Waals surface area (Å²) >= 11 is 0. The molecule has 0 saturated heterocycles. The normalized spacial score (nSPS) is 10.5. The second kappa shape index (κ2) is 7.33. The van der Waals surface area contributed by atoms with Gasteiger partial charge in [-0.1, -0.05) is 18.2 Å². The molecule has 0 bridgehead atoms. The van der Waals surface area contributed by atoms with Gasteiger partial charge < -0.3 is 19.9 Å². The van der Waals surface area contributed by atoms with Crippen molar-refractivity contribution < 1.29 is 23.8 Å². The van der Waals surface area contributed by atoms with Crippen molar-refractivity contribution in [3.05, 3.63) is 53.7 Å². The number of fused-ring (bicyclic) bond motifs is 1. The van der Waals surface area contributed by atoms with E-state index in [1.807, 2.05) is 18.2 Å². The Balaban J connectivity index is 2.50. The van der Waals surface area contributed by atoms with E-state index >= 15 is 0 Å². The van der Waals surface area contributed by atoms with Gasteiger partial charge >= 0.3 is 11.9 Å². The highest BCUT2D eigenvalue weighted by Crippen LogP contribution is 2.39. The van der Waals surface area contributed by atoms with Crippen molar-refractivity contribution in [3.8, 4) is 16.9 Å². The van der Waals surface area contributed by atoms with Crippen LogP contribution < -0.4 is 10.5 Å². The smallest absolute Gasteiger partial charge is 0.342 e. The third-order valence-corrected chi connectivity index (χ3v) is 4.23. The summed E-state index contributed by atoms with van der Waals surface area (Å²) in [7, 11) is 3.87. The van der Waals surface area contributed by atoms with Crippen LogP contribution in [0, 0.1) is 0 Å². The van der Waals surface area contributed by atoms with Crippen LogP contribution in [-0.4, -0.2) is 38.3 Å². The van der Waals surface area contributed by atoms with Gasteiger partial charge in [-0.25, -0.2) is 9.59 Å². The molecule has 0 saturated carbocycles. The number of nitrogens with two attached hydrogens (primary N) is 1. The molecular formula is C20H18N2O5. The molecule has 7 nitrogen and oxygen atoms in total. The van der Waals surface area contributed by atoms with E-state index in [2.05, 4.69) is 4.98 Å². The molecule has 0 aliphatic carbocycles. The molecule has 1 aromatic heterocycles. The number of carbonyl (C=O) groups excluding carboxylic acids is 2. The molecule has 0 radical (unpaired) electrons. The number of hydrogen-bond donors (Lipinski definition) is 1. The Kier molecular flexibility index (Phi) is 4.94. The van der Waals surface area contributed by atoms with Crippen LogP contribution in [-0.2, 0) is 9.47 Å². The number of nitrogens with zero attached hydrogens (tertiary/aromatic N) is 1. The van der Waals surface area contributed by atoms with Crippen LogP contribution in [0.4, 0.5) is 5.69 Å². The standard InChI is InChI=1S/C20H18N2O5/c1-25-18-13(19(23)26-2)10-15-16(17(18)20(24)27-3)12(8-9-22-15)11-6-4-5-7-14(11)21/h4-10H,21H2,1-3H3. The number of aromatic nitrogens is 1. The third-order valence-electron chi connectivity index (χ3n) is 4.23. The van der Waals surface area contributed by atoms with E-state index in [1.54, 1.807) is 18.3 Å². The molecule has 27 heavy (non-hydrogen) atoms. The van der Waals surface area contributed by atoms with Crippen molar-refractivity contribution in [2.75, 3.05) is 27.1 Å². The van der Waals surface area contributed by atoms with Gasteiger partial charge in [0.1, 0.15) is 16.9 Å². The molecule has 0 amide bonds. The summed E-state index contributed by atoms with van der Waals surface area (Å²) in [6.07, 6.45) is 1.58. The quantitative estimate of drug-likeness (QED) is 0.559. The molecule has 0 atom stereocenters. The maximum atomic E-state index is 12.6.